The molecule has 5 nitrogen and oxygen atoms in total. The Morgan fingerprint density at radius 2 is 1.96 bits per heavy atom. The lowest BCUT2D eigenvalue weighted by molar-refractivity contribution is 0.0696. The number of phenols is 1. The molecule has 6 heteroatoms. The van der Waals surface area contributed by atoms with Gasteiger partial charge in [0.15, 0.2) is 0 Å². The van der Waals surface area contributed by atoms with Crippen LogP contribution in [0.5, 0.6) is 11.5 Å². The predicted octanol–water partition coefficient (Wildman–Crippen LogP) is 5.22. The van der Waals surface area contributed by atoms with E-state index in [9.17, 15) is 15.0 Å². The lowest BCUT2D eigenvalue weighted by Crippen LogP contribution is -2.16. The average molecular weight is 422 g/mol. The second-order valence-electron chi connectivity index (χ2n) is 6.95. The van der Waals surface area contributed by atoms with Gasteiger partial charge >= 0.3 is 5.97 Å². The highest BCUT2D eigenvalue weighted by molar-refractivity contribution is 9.10. The molecule has 0 bridgehead atoms. The predicted molar refractivity (Wildman–Crippen MR) is 104 cm³/mol. The number of aromatic hydroxyl groups is 1. The number of rotatable bonds is 5. The molecule has 0 atom stereocenters. The number of halogens is 1. The highest BCUT2D eigenvalue weighted by Crippen LogP contribution is 2.41. The molecule has 140 valence electrons. The van der Waals surface area contributed by atoms with Gasteiger partial charge in [0, 0.05) is 17.8 Å². The number of aromatic nitrogens is 1. The van der Waals surface area contributed by atoms with Crippen molar-refractivity contribution in [1.29, 1.82) is 0 Å². The smallest absolute Gasteiger partial charge is 0.337 e. The lowest BCUT2D eigenvalue weighted by Gasteiger charge is -2.24. The molecule has 2 aromatic rings. The SMILES string of the molecule is COc1cc(Br)c(O)c(-c2cc(C(=O)O)c(C)n2CC2CCCCC2)c1. The molecule has 1 aliphatic rings. The van der Waals surface area contributed by atoms with Crippen LogP contribution in [0.3, 0.4) is 0 Å². The van der Waals surface area contributed by atoms with Gasteiger partial charge in [0.05, 0.1) is 22.8 Å². The fraction of sp³-hybridized carbons (Fsp3) is 0.450. The monoisotopic (exact) mass is 421 g/mol. The van der Waals surface area contributed by atoms with E-state index >= 15 is 0 Å². The number of hydrogen-bond acceptors (Lipinski definition) is 3. The lowest BCUT2D eigenvalue weighted by atomic mass is 9.89. The van der Waals surface area contributed by atoms with E-state index in [1.807, 2.05) is 11.5 Å². The van der Waals surface area contributed by atoms with Crippen molar-refractivity contribution < 1.29 is 19.7 Å². The highest BCUT2D eigenvalue weighted by Gasteiger charge is 2.24. The number of hydrogen-bond donors (Lipinski definition) is 2. The van der Waals surface area contributed by atoms with Crippen LogP contribution in [0.4, 0.5) is 0 Å². The molecule has 1 heterocycles. The van der Waals surface area contributed by atoms with Crippen molar-refractivity contribution in [3.63, 3.8) is 0 Å². The number of phenolic OH excluding ortho intramolecular Hbond substituents is 1. The number of carboxylic acids is 1. The number of methoxy groups -OCH3 is 1. The molecule has 3 rings (SSSR count). The summed E-state index contributed by atoms with van der Waals surface area (Å²) in [6.07, 6.45) is 6.04. The van der Waals surface area contributed by atoms with Gasteiger partial charge in [-0.2, -0.15) is 0 Å². The number of benzene rings is 1. The zero-order chi connectivity index (χ0) is 18.8. The topological polar surface area (TPSA) is 71.7 Å². The second kappa shape index (κ2) is 7.74. The Bertz CT molecular complexity index is 822. The summed E-state index contributed by atoms with van der Waals surface area (Å²) < 4.78 is 7.88. The van der Waals surface area contributed by atoms with Crippen LogP contribution in [0.25, 0.3) is 11.3 Å². The van der Waals surface area contributed by atoms with Crippen molar-refractivity contribution in [3.8, 4) is 22.8 Å². The Balaban J connectivity index is 2.12. The van der Waals surface area contributed by atoms with E-state index < -0.39 is 5.97 Å². The Morgan fingerprint density at radius 3 is 2.58 bits per heavy atom. The maximum absolute atomic E-state index is 11.7. The van der Waals surface area contributed by atoms with Crippen LogP contribution in [0.15, 0.2) is 22.7 Å². The largest absolute Gasteiger partial charge is 0.506 e. The molecule has 0 saturated heterocycles. The molecule has 0 aliphatic heterocycles. The van der Waals surface area contributed by atoms with Gasteiger partial charge in [-0.05, 0) is 59.8 Å². The van der Waals surface area contributed by atoms with Crippen molar-refractivity contribution in [3.05, 3.63) is 33.9 Å². The van der Waals surface area contributed by atoms with Crippen molar-refractivity contribution in [1.82, 2.24) is 4.57 Å². The average Bonchev–Trinajstić information content (AvgIpc) is 2.95. The van der Waals surface area contributed by atoms with Crippen LogP contribution in [0.1, 0.15) is 48.2 Å². The minimum absolute atomic E-state index is 0.0881. The van der Waals surface area contributed by atoms with Gasteiger partial charge in [0.1, 0.15) is 11.5 Å². The Kier molecular flexibility index (Phi) is 5.61. The van der Waals surface area contributed by atoms with E-state index in [-0.39, 0.29) is 11.3 Å². The molecule has 0 radical (unpaired) electrons. The fourth-order valence-electron chi connectivity index (χ4n) is 3.84. The van der Waals surface area contributed by atoms with E-state index in [4.69, 9.17) is 4.74 Å². The summed E-state index contributed by atoms with van der Waals surface area (Å²) in [6, 6.07) is 5.09. The molecule has 0 amide bonds. The summed E-state index contributed by atoms with van der Waals surface area (Å²) in [5, 5.41) is 20.1. The molecule has 26 heavy (non-hydrogen) atoms. The van der Waals surface area contributed by atoms with E-state index in [2.05, 4.69) is 15.9 Å². The minimum atomic E-state index is -0.951. The molecule has 1 aliphatic carbocycles. The van der Waals surface area contributed by atoms with Crippen molar-refractivity contribution in [2.45, 2.75) is 45.6 Å². The molecule has 1 aromatic carbocycles. The van der Waals surface area contributed by atoms with Gasteiger partial charge in [0.2, 0.25) is 0 Å². The molecule has 0 spiro atoms. The summed E-state index contributed by atoms with van der Waals surface area (Å²) in [5.41, 5.74) is 2.27. The Morgan fingerprint density at radius 1 is 1.27 bits per heavy atom. The van der Waals surface area contributed by atoms with Gasteiger partial charge in [-0.3, -0.25) is 0 Å². The standard InChI is InChI=1S/C20H24BrNO4/c1-12-15(20(24)25)10-18(22(12)11-13-6-4-3-5-7-13)16-8-14(26-2)9-17(21)19(16)23/h8-10,13,23H,3-7,11H2,1-2H3,(H,24,25). The first kappa shape index (κ1) is 18.8. The second-order valence-corrected chi connectivity index (χ2v) is 7.81. The maximum Gasteiger partial charge on any atom is 0.337 e. The first-order chi connectivity index (χ1) is 12.4. The molecule has 2 N–H and O–H groups in total. The van der Waals surface area contributed by atoms with Crippen LogP contribution in [-0.2, 0) is 6.54 Å². The highest BCUT2D eigenvalue weighted by atomic mass is 79.9. The molecule has 1 aromatic heterocycles. The van der Waals surface area contributed by atoms with E-state index in [0.717, 1.165) is 25.1 Å². The number of carboxylic acid groups (broad SMARTS) is 1. The molecule has 1 saturated carbocycles. The first-order valence-corrected chi connectivity index (χ1v) is 9.72. The van der Waals surface area contributed by atoms with Gasteiger partial charge in [-0.1, -0.05) is 19.3 Å². The summed E-state index contributed by atoms with van der Waals surface area (Å²) >= 11 is 3.36. The van der Waals surface area contributed by atoms with E-state index in [0.29, 0.717) is 27.4 Å². The first-order valence-electron chi connectivity index (χ1n) is 8.92. The molecule has 1 fully saturated rings. The fourth-order valence-corrected chi connectivity index (χ4v) is 4.27. The van der Waals surface area contributed by atoms with Crippen molar-refractivity contribution in [2.24, 2.45) is 5.92 Å². The van der Waals surface area contributed by atoms with Gasteiger partial charge < -0.3 is 19.5 Å². The summed E-state index contributed by atoms with van der Waals surface area (Å²) in [5.74, 6) is 0.272. The van der Waals surface area contributed by atoms with Gasteiger partial charge in [0.25, 0.3) is 0 Å². The number of nitrogens with zero attached hydrogens (tertiary/aromatic N) is 1. The van der Waals surface area contributed by atoms with E-state index in [1.165, 1.54) is 19.3 Å². The van der Waals surface area contributed by atoms with E-state index in [1.54, 1.807) is 25.3 Å². The molecular formula is C20H24BrNO4. The van der Waals surface area contributed by atoms with Crippen LogP contribution in [-0.4, -0.2) is 27.9 Å². The number of aromatic carboxylic acids is 1. The zero-order valence-electron chi connectivity index (χ0n) is 15.1. The van der Waals surface area contributed by atoms with Crippen LogP contribution in [0, 0.1) is 12.8 Å². The number of ether oxygens (including phenoxy) is 1. The molecular weight excluding hydrogens is 398 g/mol. The van der Waals surface area contributed by atoms with Crippen molar-refractivity contribution >= 4 is 21.9 Å². The third-order valence-electron chi connectivity index (χ3n) is 5.31. The number of carbonyl (C=O) groups is 1. The van der Waals surface area contributed by atoms with Gasteiger partial charge in [-0.15, -0.1) is 0 Å². The Labute approximate surface area is 161 Å². The quantitative estimate of drug-likeness (QED) is 0.693. The zero-order valence-corrected chi connectivity index (χ0v) is 16.7. The molecule has 0 unspecified atom stereocenters. The Hall–Kier alpha value is -1.95. The van der Waals surface area contributed by atoms with Crippen LogP contribution >= 0.6 is 15.9 Å². The van der Waals surface area contributed by atoms with Crippen LogP contribution in [0.2, 0.25) is 0 Å². The van der Waals surface area contributed by atoms with Crippen molar-refractivity contribution in [2.75, 3.05) is 7.11 Å². The third kappa shape index (κ3) is 3.61. The summed E-state index contributed by atoms with van der Waals surface area (Å²) in [7, 11) is 1.57. The third-order valence-corrected chi connectivity index (χ3v) is 5.92. The summed E-state index contributed by atoms with van der Waals surface area (Å²) in [6.45, 7) is 2.60. The normalized spacial score (nSPS) is 15.2. The summed E-state index contributed by atoms with van der Waals surface area (Å²) in [4.78, 5) is 11.7. The maximum atomic E-state index is 11.7. The minimum Gasteiger partial charge on any atom is -0.506 e. The van der Waals surface area contributed by atoms with Gasteiger partial charge in [-0.25, -0.2) is 4.79 Å². The van der Waals surface area contributed by atoms with Crippen LogP contribution < -0.4 is 4.74 Å².